The Kier molecular flexibility index (Phi) is 6.69. The summed E-state index contributed by atoms with van der Waals surface area (Å²) in [6.45, 7) is 7.87. The zero-order valence-corrected chi connectivity index (χ0v) is 13.6. The van der Waals surface area contributed by atoms with Gasteiger partial charge in [0.2, 0.25) is 5.91 Å². The second-order valence-corrected chi connectivity index (χ2v) is 6.41. The molecule has 0 fully saturated rings. The van der Waals surface area contributed by atoms with Gasteiger partial charge in [-0.2, -0.15) is 0 Å². The first-order chi connectivity index (χ1) is 9.85. The van der Waals surface area contributed by atoms with Crippen molar-refractivity contribution in [1.82, 2.24) is 4.90 Å². The molecule has 0 saturated heterocycles. The summed E-state index contributed by atoms with van der Waals surface area (Å²) < 4.78 is 5.64. The molecule has 118 valence electrons. The zero-order chi connectivity index (χ0) is 15.9. The summed E-state index contributed by atoms with van der Waals surface area (Å²) in [7, 11) is 1.84. The molecule has 21 heavy (non-hydrogen) atoms. The van der Waals surface area contributed by atoms with Gasteiger partial charge in [-0.1, -0.05) is 39.0 Å². The van der Waals surface area contributed by atoms with Crippen molar-refractivity contribution in [3.05, 3.63) is 30.3 Å². The van der Waals surface area contributed by atoms with E-state index in [4.69, 9.17) is 10.5 Å². The molecule has 1 atom stereocenters. The van der Waals surface area contributed by atoms with E-state index >= 15 is 0 Å². The molecule has 0 aliphatic heterocycles. The van der Waals surface area contributed by atoms with Crippen LogP contribution in [0, 0.1) is 11.3 Å². The van der Waals surface area contributed by atoms with E-state index in [0.717, 1.165) is 5.75 Å². The highest BCUT2D eigenvalue weighted by Gasteiger charge is 2.24. The largest absolute Gasteiger partial charge is 0.494 e. The molecule has 4 heteroatoms. The van der Waals surface area contributed by atoms with Gasteiger partial charge in [-0.3, -0.25) is 4.79 Å². The molecule has 0 heterocycles. The first kappa shape index (κ1) is 17.5. The van der Waals surface area contributed by atoms with E-state index < -0.39 is 0 Å². The third-order valence-electron chi connectivity index (χ3n) is 3.58. The van der Waals surface area contributed by atoms with Gasteiger partial charge < -0.3 is 15.4 Å². The Morgan fingerprint density at radius 2 is 1.95 bits per heavy atom. The highest BCUT2D eigenvalue weighted by molar-refractivity contribution is 5.78. The minimum atomic E-state index is -0.0509. The lowest BCUT2D eigenvalue weighted by atomic mass is 9.92. The summed E-state index contributed by atoms with van der Waals surface area (Å²) in [6, 6.07) is 9.66. The van der Waals surface area contributed by atoms with Crippen molar-refractivity contribution in [2.45, 2.75) is 27.2 Å². The van der Waals surface area contributed by atoms with Gasteiger partial charge in [-0.15, -0.1) is 0 Å². The third kappa shape index (κ3) is 6.17. The number of ether oxygens (including phenoxy) is 1. The number of hydrogen-bond acceptors (Lipinski definition) is 3. The molecule has 1 rings (SSSR count). The lowest BCUT2D eigenvalue weighted by Crippen LogP contribution is -2.42. The Morgan fingerprint density at radius 3 is 2.52 bits per heavy atom. The van der Waals surface area contributed by atoms with E-state index in [-0.39, 0.29) is 17.2 Å². The minimum Gasteiger partial charge on any atom is -0.494 e. The van der Waals surface area contributed by atoms with Crippen molar-refractivity contribution >= 4 is 5.91 Å². The molecule has 1 amide bonds. The van der Waals surface area contributed by atoms with E-state index in [0.29, 0.717) is 26.1 Å². The predicted octanol–water partition coefficient (Wildman–Crippen LogP) is 2.53. The van der Waals surface area contributed by atoms with Crippen molar-refractivity contribution in [1.29, 1.82) is 0 Å². The number of hydrogen-bond donors (Lipinski definition) is 1. The number of carbonyl (C=O) groups is 1. The maximum absolute atomic E-state index is 12.3. The van der Waals surface area contributed by atoms with E-state index in [1.165, 1.54) is 0 Å². The quantitative estimate of drug-likeness (QED) is 0.801. The molecule has 1 unspecified atom stereocenters. The summed E-state index contributed by atoms with van der Waals surface area (Å²) in [4.78, 5) is 14.1. The van der Waals surface area contributed by atoms with Gasteiger partial charge in [-0.25, -0.2) is 0 Å². The molecule has 0 spiro atoms. The molecule has 4 nitrogen and oxygen atoms in total. The molecule has 0 bridgehead atoms. The van der Waals surface area contributed by atoms with Crippen molar-refractivity contribution < 1.29 is 9.53 Å². The molecule has 2 N–H and O–H groups in total. The van der Waals surface area contributed by atoms with Gasteiger partial charge in [-0.05, 0) is 30.5 Å². The van der Waals surface area contributed by atoms with Crippen LogP contribution < -0.4 is 10.5 Å². The van der Waals surface area contributed by atoms with Crippen LogP contribution in [0.5, 0.6) is 5.75 Å². The Labute approximate surface area is 128 Å². The highest BCUT2D eigenvalue weighted by atomic mass is 16.5. The number of nitrogens with zero attached hydrogens (tertiary/aromatic N) is 1. The van der Waals surface area contributed by atoms with E-state index in [2.05, 4.69) is 13.8 Å². The first-order valence-electron chi connectivity index (χ1n) is 7.48. The van der Waals surface area contributed by atoms with Crippen LogP contribution in [0.25, 0.3) is 0 Å². The normalized spacial score (nSPS) is 12.8. The average Bonchev–Trinajstić information content (AvgIpc) is 2.47. The summed E-state index contributed by atoms with van der Waals surface area (Å²) in [5.41, 5.74) is 5.67. The maximum atomic E-state index is 12.3. The Morgan fingerprint density at radius 1 is 1.33 bits per heavy atom. The van der Waals surface area contributed by atoms with Crippen molar-refractivity contribution in [2.75, 3.05) is 26.7 Å². The van der Waals surface area contributed by atoms with Gasteiger partial charge >= 0.3 is 0 Å². The van der Waals surface area contributed by atoms with E-state index in [1.807, 2.05) is 44.3 Å². The fourth-order valence-electron chi connectivity index (χ4n) is 2.15. The third-order valence-corrected chi connectivity index (χ3v) is 3.58. The van der Waals surface area contributed by atoms with Crippen LogP contribution >= 0.6 is 0 Å². The second kappa shape index (κ2) is 8.03. The van der Waals surface area contributed by atoms with Gasteiger partial charge in [0.1, 0.15) is 5.75 Å². The fraction of sp³-hybridized carbons (Fsp3) is 0.588. The Hall–Kier alpha value is -1.55. The molecule has 1 aromatic rings. The minimum absolute atomic E-state index is 0.0488. The molecule has 0 aliphatic rings. The van der Waals surface area contributed by atoms with Crippen LogP contribution in [-0.4, -0.2) is 37.6 Å². The van der Waals surface area contributed by atoms with Crippen molar-refractivity contribution in [2.24, 2.45) is 17.1 Å². The van der Waals surface area contributed by atoms with E-state index in [1.54, 1.807) is 4.90 Å². The van der Waals surface area contributed by atoms with Crippen LogP contribution in [0.3, 0.4) is 0 Å². The van der Waals surface area contributed by atoms with Crippen LogP contribution in [0.2, 0.25) is 0 Å². The van der Waals surface area contributed by atoms with Gasteiger partial charge in [0.05, 0.1) is 6.61 Å². The zero-order valence-electron chi connectivity index (χ0n) is 13.6. The van der Waals surface area contributed by atoms with E-state index in [9.17, 15) is 4.79 Å². The lowest BCUT2D eigenvalue weighted by molar-refractivity contribution is -0.135. The topological polar surface area (TPSA) is 55.6 Å². The smallest absolute Gasteiger partial charge is 0.225 e. The summed E-state index contributed by atoms with van der Waals surface area (Å²) in [5.74, 6) is 0.940. The Balaban J connectivity index is 2.37. The molecular formula is C17H28N2O2. The number of carbonyl (C=O) groups excluding carboxylic acids is 1. The highest BCUT2D eigenvalue weighted by Crippen LogP contribution is 2.17. The number of para-hydroxylation sites is 1. The standard InChI is InChI=1S/C17H28N2O2/c1-14(10-11-21-15-8-6-5-7-9-15)16(20)19(4)13-17(2,3)12-18/h5-9,14H,10-13,18H2,1-4H3. The molecule has 0 saturated carbocycles. The van der Waals surface area contributed by atoms with Gasteiger partial charge in [0, 0.05) is 19.5 Å². The van der Waals surface area contributed by atoms with Crippen LogP contribution in [0.4, 0.5) is 0 Å². The SMILES string of the molecule is CC(CCOc1ccccc1)C(=O)N(C)CC(C)(C)CN. The summed E-state index contributed by atoms with van der Waals surface area (Å²) in [5, 5.41) is 0. The van der Waals surface area contributed by atoms with Gasteiger partial charge in [0.25, 0.3) is 0 Å². The summed E-state index contributed by atoms with van der Waals surface area (Å²) >= 11 is 0. The van der Waals surface area contributed by atoms with Crippen LogP contribution in [0.15, 0.2) is 30.3 Å². The van der Waals surface area contributed by atoms with Crippen molar-refractivity contribution in [3.63, 3.8) is 0 Å². The molecule has 0 aliphatic carbocycles. The number of amides is 1. The molecule has 0 aromatic heterocycles. The lowest BCUT2D eigenvalue weighted by Gasteiger charge is -2.30. The summed E-state index contributed by atoms with van der Waals surface area (Å²) in [6.07, 6.45) is 0.709. The molecular weight excluding hydrogens is 264 g/mol. The van der Waals surface area contributed by atoms with Gasteiger partial charge in [0.15, 0.2) is 0 Å². The first-order valence-corrected chi connectivity index (χ1v) is 7.48. The number of rotatable bonds is 8. The molecule has 1 aromatic carbocycles. The Bertz CT molecular complexity index is 432. The maximum Gasteiger partial charge on any atom is 0.225 e. The van der Waals surface area contributed by atoms with Crippen molar-refractivity contribution in [3.8, 4) is 5.75 Å². The van der Waals surface area contributed by atoms with Crippen LogP contribution in [0.1, 0.15) is 27.2 Å². The van der Waals surface area contributed by atoms with Crippen LogP contribution in [-0.2, 0) is 4.79 Å². The average molecular weight is 292 g/mol. The fourth-order valence-corrected chi connectivity index (χ4v) is 2.15. The monoisotopic (exact) mass is 292 g/mol. The predicted molar refractivity (Wildman–Crippen MR) is 86.2 cm³/mol. The number of nitrogens with two attached hydrogens (primary N) is 1. The second-order valence-electron chi connectivity index (χ2n) is 6.41. The number of benzene rings is 1. The molecule has 0 radical (unpaired) electrons.